The third-order valence-corrected chi connectivity index (χ3v) is 3.74. The molecule has 2 aromatic heterocycles. The Morgan fingerprint density at radius 2 is 2.29 bits per heavy atom. The quantitative estimate of drug-likeness (QED) is 0.919. The molecular formula is C15H21N5O. The maximum atomic E-state index is 5.40. The maximum absolute atomic E-state index is 5.40. The molecule has 3 rings (SSSR count). The van der Waals surface area contributed by atoms with Crippen LogP contribution in [0.15, 0.2) is 22.9 Å². The van der Waals surface area contributed by atoms with Gasteiger partial charge in [-0.15, -0.1) is 0 Å². The molecule has 0 radical (unpaired) electrons. The number of rotatable bonds is 4. The molecule has 1 aliphatic rings. The summed E-state index contributed by atoms with van der Waals surface area (Å²) in [7, 11) is 0. The zero-order valence-corrected chi connectivity index (χ0v) is 12.4. The van der Waals surface area contributed by atoms with Gasteiger partial charge in [-0.2, -0.15) is 4.98 Å². The molecular weight excluding hydrogens is 266 g/mol. The summed E-state index contributed by atoms with van der Waals surface area (Å²) in [4.78, 5) is 11.2. The molecule has 1 N–H and O–H groups in total. The minimum Gasteiger partial charge on any atom is -0.337 e. The van der Waals surface area contributed by atoms with Gasteiger partial charge in [0.25, 0.3) is 0 Å². The predicted octanol–water partition coefficient (Wildman–Crippen LogP) is 1.49. The fraction of sp³-hybridized carbons (Fsp3) is 0.533. The molecule has 0 amide bonds. The average molecular weight is 287 g/mol. The summed E-state index contributed by atoms with van der Waals surface area (Å²) >= 11 is 0. The molecule has 0 unspecified atom stereocenters. The van der Waals surface area contributed by atoms with Crippen molar-refractivity contribution in [1.29, 1.82) is 0 Å². The largest absolute Gasteiger partial charge is 0.337 e. The third-order valence-electron chi connectivity index (χ3n) is 3.74. The Morgan fingerprint density at radius 1 is 1.33 bits per heavy atom. The molecule has 6 nitrogen and oxygen atoms in total. The highest BCUT2D eigenvalue weighted by Gasteiger charge is 2.16. The van der Waals surface area contributed by atoms with Crippen LogP contribution in [0.2, 0.25) is 0 Å². The minimum atomic E-state index is 0.593. The van der Waals surface area contributed by atoms with E-state index in [1.165, 1.54) is 0 Å². The monoisotopic (exact) mass is 287 g/mol. The molecule has 0 spiro atoms. The molecule has 2 aromatic rings. The highest BCUT2D eigenvalue weighted by molar-refractivity contribution is 5.53. The molecule has 3 heterocycles. The van der Waals surface area contributed by atoms with Crippen molar-refractivity contribution in [2.24, 2.45) is 0 Å². The number of nitrogens with zero attached hydrogens (tertiary/aromatic N) is 4. The van der Waals surface area contributed by atoms with Crippen molar-refractivity contribution in [1.82, 2.24) is 25.3 Å². The topological polar surface area (TPSA) is 67.1 Å². The molecule has 0 bridgehead atoms. The Balaban J connectivity index is 1.73. The van der Waals surface area contributed by atoms with Crippen LogP contribution in [0, 0.1) is 0 Å². The molecule has 112 valence electrons. The van der Waals surface area contributed by atoms with Gasteiger partial charge in [-0.05, 0) is 37.6 Å². The summed E-state index contributed by atoms with van der Waals surface area (Å²) in [5, 5.41) is 7.48. The van der Waals surface area contributed by atoms with Crippen molar-refractivity contribution >= 4 is 0 Å². The number of nitrogens with one attached hydrogen (secondary N) is 1. The standard InChI is InChI=1S/C15H21N5O/c1-2-12-5-3-7-17-14(12)15-18-13(21-19-15)11-20-9-4-6-16-8-10-20/h3,5,7,16H,2,4,6,8-11H2,1H3. The molecule has 0 aromatic carbocycles. The van der Waals surface area contributed by atoms with Gasteiger partial charge >= 0.3 is 0 Å². The second kappa shape index (κ2) is 6.78. The van der Waals surface area contributed by atoms with Crippen molar-refractivity contribution in [3.8, 4) is 11.5 Å². The van der Waals surface area contributed by atoms with Crippen molar-refractivity contribution in [2.45, 2.75) is 26.3 Å². The van der Waals surface area contributed by atoms with Crippen molar-refractivity contribution in [2.75, 3.05) is 26.2 Å². The van der Waals surface area contributed by atoms with Gasteiger partial charge < -0.3 is 9.84 Å². The highest BCUT2D eigenvalue weighted by atomic mass is 16.5. The minimum absolute atomic E-state index is 0.593. The van der Waals surface area contributed by atoms with Gasteiger partial charge in [-0.3, -0.25) is 9.88 Å². The lowest BCUT2D eigenvalue weighted by atomic mass is 10.1. The average Bonchev–Trinajstić information content (AvgIpc) is 2.83. The fourth-order valence-corrected chi connectivity index (χ4v) is 2.59. The van der Waals surface area contributed by atoms with Crippen LogP contribution in [-0.2, 0) is 13.0 Å². The van der Waals surface area contributed by atoms with E-state index >= 15 is 0 Å². The first-order chi connectivity index (χ1) is 10.4. The van der Waals surface area contributed by atoms with Gasteiger partial charge in [-0.25, -0.2) is 0 Å². The first kappa shape index (κ1) is 14.2. The van der Waals surface area contributed by atoms with Gasteiger partial charge in [-0.1, -0.05) is 18.1 Å². The second-order valence-corrected chi connectivity index (χ2v) is 5.26. The molecule has 21 heavy (non-hydrogen) atoms. The fourth-order valence-electron chi connectivity index (χ4n) is 2.59. The van der Waals surface area contributed by atoms with Gasteiger partial charge in [0.1, 0.15) is 5.69 Å². The number of aryl methyl sites for hydroxylation is 1. The first-order valence-electron chi connectivity index (χ1n) is 7.56. The maximum Gasteiger partial charge on any atom is 0.241 e. The van der Waals surface area contributed by atoms with Crippen LogP contribution in [0.4, 0.5) is 0 Å². The Morgan fingerprint density at radius 3 is 3.19 bits per heavy atom. The number of hydrogen-bond donors (Lipinski definition) is 1. The normalized spacial score (nSPS) is 16.8. The van der Waals surface area contributed by atoms with Crippen LogP contribution in [-0.4, -0.2) is 46.2 Å². The smallest absolute Gasteiger partial charge is 0.241 e. The van der Waals surface area contributed by atoms with Gasteiger partial charge in [0.05, 0.1) is 6.54 Å². The second-order valence-electron chi connectivity index (χ2n) is 5.26. The lowest BCUT2D eigenvalue weighted by molar-refractivity contribution is 0.239. The summed E-state index contributed by atoms with van der Waals surface area (Å²) in [5.74, 6) is 1.26. The van der Waals surface area contributed by atoms with E-state index in [2.05, 4.69) is 38.3 Å². The summed E-state index contributed by atoms with van der Waals surface area (Å²) in [6, 6.07) is 3.99. The van der Waals surface area contributed by atoms with Crippen LogP contribution in [0.5, 0.6) is 0 Å². The molecule has 0 atom stereocenters. The zero-order valence-electron chi connectivity index (χ0n) is 12.4. The van der Waals surface area contributed by atoms with E-state index in [1.807, 2.05) is 6.07 Å². The SMILES string of the molecule is CCc1cccnc1-c1noc(CN2CCCNCC2)n1. The van der Waals surface area contributed by atoms with E-state index in [9.17, 15) is 0 Å². The van der Waals surface area contributed by atoms with Crippen molar-refractivity contribution < 1.29 is 4.52 Å². The van der Waals surface area contributed by atoms with Crippen molar-refractivity contribution in [3.05, 3.63) is 29.8 Å². The molecule has 1 aliphatic heterocycles. The van der Waals surface area contributed by atoms with Crippen LogP contribution in [0.25, 0.3) is 11.5 Å². The predicted molar refractivity (Wildman–Crippen MR) is 79.7 cm³/mol. The molecule has 1 fully saturated rings. The van der Waals surface area contributed by atoms with E-state index in [-0.39, 0.29) is 0 Å². The van der Waals surface area contributed by atoms with Crippen LogP contribution < -0.4 is 5.32 Å². The third kappa shape index (κ3) is 3.46. The van der Waals surface area contributed by atoms with Gasteiger partial charge in [0.15, 0.2) is 0 Å². The molecule has 1 saturated heterocycles. The summed E-state index contributed by atoms with van der Waals surface area (Å²) in [6.45, 7) is 6.99. The highest BCUT2D eigenvalue weighted by Crippen LogP contribution is 2.19. The Kier molecular flexibility index (Phi) is 4.57. The first-order valence-corrected chi connectivity index (χ1v) is 7.56. The summed E-state index contributed by atoms with van der Waals surface area (Å²) in [6.07, 6.45) is 3.83. The number of pyridine rings is 1. The van der Waals surface area contributed by atoms with E-state index in [0.717, 1.165) is 50.3 Å². The van der Waals surface area contributed by atoms with Crippen LogP contribution in [0.1, 0.15) is 24.8 Å². The van der Waals surface area contributed by atoms with Crippen molar-refractivity contribution in [3.63, 3.8) is 0 Å². The Labute approximate surface area is 124 Å². The van der Waals surface area contributed by atoms with Gasteiger partial charge in [0.2, 0.25) is 11.7 Å². The lowest BCUT2D eigenvalue weighted by Crippen LogP contribution is -2.27. The number of hydrogen-bond acceptors (Lipinski definition) is 6. The van der Waals surface area contributed by atoms with E-state index < -0.39 is 0 Å². The van der Waals surface area contributed by atoms with Crippen LogP contribution in [0.3, 0.4) is 0 Å². The zero-order chi connectivity index (χ0) is 14.5. The van der Waals surface area contributed by atoms with E-state index in [1.54, 1.807) is 6.20 Å². The lowest BCUT2D eigenvalue weighted by Gasteiger charge is -2.16. The number of aromatic nitrogens is 3. The summed E-state index contributed by atoms with van der Waals surface area (Å²) in [5.41, 5.74) is 1.97. The molecule has 0 saturated carbocycles. The Hall–Kier alpha value is -1.79. The Bertz CT molecular complexity index is 575. The van der Waals surface area contributed by atoms with E-state index in [4.69, 9.17) is 4.52 Å². The van der Waals surface area contributed by atoms with Crippen LogP contribution >= 0.6 is 0 Å². The van der Waals surface area contributed by atoms with Gasteiger partial charge in [0, 0.05) is 19.3 Å². The van der Waals surface area contributed by atoms with E-state index in [0.29, 0.717) is 18.3 Å². The molecule has 6 heteroatoms. The molecule has 0 aliphatic carbocycles. The summed E-state index contributed by atoms with van der Waals surface area (Å²) < 4.78 is 5.40.